The highest BCUT2D eigenvalue weighted by Crippen LogP contribution is 2.24. The van der Waals surface area contributed by atoms with Crippen molar-refractivity contribution in [2.45, 2.75) is 19.6 Å². The summed E-state index contributed by atoms with van der Waals surface area (Å²) in [6, 6.07) is 15.9. The van der Waals surface area contributed by atoms with E-state index in [-0.39, 0.29) is 0 Å². The first kappa shape index (κ1) is 13.7. The van der Waals surface area contributed by atoms with Gasteiger partial charge in [-0.3, -0.25) is 0 Å². The summed E-state index contributed by atoms with van der Waals surface area (Å²) in [5.41, 5.74) is 0. The Labute approximate surface area is 116 Å². The third kappa shape index (κ3) is 3.38. The van der Waals surface area contributed by atoms with E-state index in [0.717, 1.165) is 17.2 Å². The molecule has 2 nitrogen and oxygen atoms in total. The largest absolute Gasteiger partial charge is 0.497 e. The van der Waals surface area contributed by atoms with Crippen LogP contribution in [0.2, 0.25) is 19.6 Å². The number of rotatable bonds is 4. The molecule has 2 aromatic rings. The molecule has 0 saturated carbocycles. The van der Waals surface area contributed by atoms with Crippen molar-refractivity contribution >= 4 is 13.3 Å². The minimum atomic E-state index is -1.48. The van der Waals surface area contributed by atoms with Crippen molar-refractivity contribution in [1.29, 1.82) is 0 Å². The molecule has 0 amide bonds. The quantitative estimate of drug-likeness (QED) is 0.782. The van der Waals surface area contributed by atoms with Gasteiger partial charge in [0.25, 0.3) is 0 Å². The molecule has 0 fully saturated rings. The van der Waals surface area contributed by atoms with Gasteiger partial charge in [-0.25, -0.2) is 0 Å². The molecule has 0 heterocycles. The summed E-state index contributed by atoms with van der Waals surface area (Å²) in [6.07, 6.45) is 0. The Morgan fingerprint density at radius 2 is 1.53 bits per heavy atom. The first-order valence-electron chi connectivity index (χ1n) is 6.42. The molecule has 0 saturated heterocycles. The second kappa shape index (κ2) is 5.49. The molecular weight excluding hydrogens is 252 g/mol. The van der Waals surface area contributed by atoms with Gasteiger partial charge >= 0.3 is 0 Å². The minimum Gasteiger partial charge on any atom is -0.497 e. The van der Waals surface area contributed by atoms with Crippen LogP contribution in [0.25, 0.3) is 0 Å². The second-order valence-corrected chi connectivity index (χ2v) is 10.6. The van der Waals surface area contributed by atoms with Gasteiger partial charge in [0.15, 0.2) is 0 Å². The highest BCUT2D eigenvalue weighted by molar-refractivity contribution is 6.89. The monoisotopic (exact) mass is 272 g/mol. The van der Waals surface area contributed by atoms with Gasteiger partial charge in [0, 0.05) is 0 Å². The molecule has 3 heteroatoms. The molecule has 2 rings (SSSR count). The third-order valence-electron chi connectivity index (χ3n) is 2.97. The molecule has 0 spiro atoms. The summed E-state index contributed by atoms with van der Waals surface area (Å²) < 4.78 is 11.3. The zero-order chi connectivity index (χ0) is 13.9. The van der Waals surface area contributed by atoms with Crippen LogP contribution in [0.4, 0.5) is 0 Å². The van der Waals surface area contributed by atoms with Crippen LogP contribution >= 0.6 is 0 Å². The van der Waals surface area contributed by atoms with Gasteiger partial charge in [-0.05, 0) is 35.5 Å². The average Bonchev–Trinajstić information content (AvgIpc) is 2.39. The van der Waals surface area contributed by atoms with E-state index in [9.17, 15) is 0 Å². The van der Waals surface area contributed by atoms with Crippen LogP contribution in [0.1, 0.15) is 0 Å². The molecule has 0 aromatic heterocycles. The summed E-state index contributed by atoms with van der Waals surface area (Å²) >= 11 is 0. The van der Waals surface area contributed by atoms with Crippen LogP contribution in [-0.2, 0) is 0 Å². The van der Waals surface area contributed by atoms with E-state index in [4.69, 9.17) is 9.47 Å². The molecule has 0 atom stereocenters. The Hall–Kier alpha value is -1.74. The van der Waals surface area contributed by atoms with Crippen LogP contribution in [-0.4, -0.2) is 15.2 Å². The SMILES string of the molecule is COc1ccc(Oc2ccccc2)c([Si](C)(C)C)c1. The Morgan fingerprint density at radius 1 is 0.842 bits per heavy atom. The van der Waals surface area contributed by atoms with Crippen molar-refractivity contribution < 1.29 is 9.47 Å². The molecule has 0 bridgehead atoms. The van der Waals surface area contributed by atoms with Crippen molar-refractivity contribution in [3.05, 3.63) is 48.5 Å². The predicted molar refractivity (Wildman–Crippen MR) is 82.5 cm³/mol. The lowest BCUT2D eigenvalue weighted by atomic mass is 10.3. The number of benzene rings is 2. The van der Waals surface area contributed by atoms with E-state index in [1.807, 2.05) is 42.5 Å². The van der Waals surface area contributed by atoms with Gasteiger partial charge in [0.2, 0.25) is 0 Å². The zero-order valence-corrected chi connectivity index (χ0v) is 12.9. The molecule has 0 unspecified atom stereocenters. The minimum absolute atomic E-state index is 0.868. The normalized spacial score (nSPS) is 11.2. The number of para-hydroxylation sites is 1. The number of ether oxygens (including phenoxy) is 2. The average molecular weight is 272 g/mol. The van der Waals surface area contributed by atoms with Crippen molar-refractivity contribution in [2.75, 3.05) is 7.11 Å². The summed E-state index contributed by atoms with van der Waals surface area (Å²) in [6.45, 7) is 6.92. The van der Waals surface area contributed by atoms with Crippen molar-refractivity contribution in [3.63, 3.8) is 0 Å². The molecule has 0 N–H and O–H groups in total. The zero-order valence-electron chi connectivity index (χ0n) is 11.9. The Bertz CT molecular complexity index is 544. The van der Waals surface area contributed by atoms with Gasteiger partial charge in [0.1, 0.15) is 17.2 Å². The molecule has 0 aliphatic heterocycles. The van der Waals surface area contributed by atoms with Crippen molar-refractivity contribution in [3.8, 4) is 17.2 Å². The number of hydrogen-bond donors (Lipinski definition) is 0. The fraction of sp³-hybridized carbons (Fsp3) is 0.250. The van der Waals surface area contributed by atoms with E-state index in [1.165, 1.54) is 5.19 Å². The highest BCUT2D eigenvalue weighted by Gasteiger charge is 2.22. The maximum Gasteiger partial charge on any atom is 0.127 e. The Morgan fingerprint density at radius 3 is 2.11 bits per heavy atom. The highest BCUT2D eigenvalue weighted by atomic mass is 28.3. The maximum absolute atomic E-state index is 6.01. The van der Waals surface area contributed by atoms with Crippen LogP contribution in [0.15, 0.2) is 48.5 Å². The van der Waals surface area contributed by atoms with Crippen LogP contribution in [0, 0.1) is 0 Å². The lowest BCUT2D eigenvalue weighted by Gasteiger charge is -2.21. The van der Waals surface area contributed by atoms with Crippen LogP contribution in [0.3, 0.4) is 0 Å². The fourth-order valence-electron chi connectivity index (χ4n) is 1.93. The predicted octanol–water partition coefficient (Wildman–Crippen LogP) is 4.03. The van der Waals surface area contributed by atoms with E-state index < -0.39 is 8.07 Å². The molecule has 0 aliphatic carbocycles. The summed E-state index contributed by atoms with van der Waals surface area (Å²) in [5, 5.41) is 1.27. The van der Waals surface area contributed by atoms with E-state index in [2.05, 4.69) is 25.7 Å². The summed E-state index contributed by atoms with van der Waals surface area (Å²) in [5.74, 6) is 2.69. The smallest absolute Gasteiger partial charge is 0.127 e. The summed E-state index contributed by atoms with van der Waals surface area (Å²) in [4.78, 5) is 0. The standard InChI is InChI=1S/C16H20O2Si/c1-17-14-10-11-15(16(12-14)19(2,3)4)18-13-8-6-5-7-9-13/h5-12H,1-4H3. The summed E-state index contributed by atoms with van der Waals surface area (Å²) in [7, 11) is 0.211. The lowest BCUT2D eigenvalue weighted by Crippen LogP contribution is -2.38. The number of methoxy groups -OCH3 is 1. The van der Waals surface area contributed by atoms with E-state index in [0.29, 0.717) is 0 Å². The van der Waals surface area contributed by atoms with E-state index >= 15 is 0 Å². The Kier molecular flexibility index (Phi) is 3.95. The van der Waals surface area contributed by atoms with Crippen LogP contribution < -0.4 is 14.7 Å². The van der Waals surface area contributed by atoms with Gasteiger partial charge < -0.3 is 9.47 Å². The van der Waals surface area contributed by atoms with Gasteiger partial charge in [-0.2, -0.15) is 0 Å². The molecule has 0 radical (unpaired) electrons. The number of hydrogen-bond acceptors (Lipinski definition) is 2. The van der Waals surface area contributed by atoms with Gasteiger partial charge in [-0.15, -0.1) is 0 Å². The van der Waals surface area contributed by atoms with Gasteiger partial charge in [0.05, 0.1) is 15.2 Å². The molecule has 0 aliphatic rings. The van der Waals surface area contributed by atoms with Crippen molar-refractivity contribution in [2.24, 2.45) is 0 Å². The van der Waals surface area contributed by atoms with Crippen molar-refractivity contribution in [1.82, 2.24) is 0 Å². The lowest BCUT2D eigenvalue weighted by molar-refractivity contribution is 0.413. The fourth-order valence-corrected chi connectivity index (χ4v) is 3.38. The molecular formula is C16H20O2Si. The molecule has 100 valence electrons. The first-order chi connectivity index (χ1) is 9.00. The maximum atomic E-state index is 6.01. The van der Waals surface area contributed by atoms with Crippen LogP contribution in [0.5, 0.6) is 17.2 Å². The molecule has 2 aromatic carbocycles. The van der Waals surface area contributed by atoms with E-state index in [1.54, 1.807) is 7.11 Å². The second-order valence-electron chi connectivity index (χ2n) is 5.53. The topological polar surface area (TPSA) is 18.5 Å². The van der Waals surface area contributed by atoms with Gasteiger partial charge in [-0.1, -0.05) is 37.8 Å². The third-order valence-corrected chi connectivity index (χ3v) is 4.97. The first-order valence-corrected chi connectivity index (χ1v) is 9.92. The molecule has 19 heavy (non-hydrogen) atoms. The Balaban J connectivity index is 2.40.